The third kappa shape index (κ3) is 5.92. The first-order valence-corrected chi connectivity index (χ1v) is 24.4. The van der Waals surface area contributed by atoms with Gasteiger partial charge in [0.25, 0.3) is 0 Å². The molecule has 0 saturated heterocycles. The van der Waals surface area contributed by atoms with Gasteiger partial charge in [-0.15, -0.1) is 0 Å². The van der Waals surface area contributed by atoms with Crippen molar-refractivity contribution in [2.24, 2.45) is 0 Å². The largest absolute Gasteiger partial charge is 0.308 e. The van der Waals surface area contributed by atoms with Crippen LogP contribution in [0.15, 0.2) is 175 Å². The number of benzene rings is 8. The van der Waals surface area contributed by atoms with Crippen molar-refractivity contribution in [3.8, 4) is 0 Å². The summed E-state index contributed by atoms with van der Waals surface area (Å²) < 4.78 is 29.8. The first-order valence-electron chi connectivity index (χ1n) is 21.3. The lowest BCUT2D eigenvalue weighted by Crippen LogP contribution is -2.30. The highest BCUT2D eigenvalue weighted by atomic mass is 32.2. The zero-order chi connectivity index (χ0) is 43.1. The molecule has 3 aliphatic heterocycles. The second kappa shape index (κ2) is 13.5. The molecule has 0 radical (unpaired) electrons. The maximum atomic E-state index is 14.9. The van der Waals surface area contributed by atoms with Gasteiger partial charge >= 0.3 is 0 Å². The maximum absolute atomic E-state index is 14.9. The maximum Gasteiger partial charge on any atom is 0.207 e. The van der Waals surface area contributed by atoms with Crippen LogP contribution in [0.2, 0.25) is 0 Å². The minimum absolute atomic E-state index is 0.0141. The van der Waals surface area contributed by atoms with E-state index in [2.05, 4.69) is 187 Å². The molecular formula is C55H48N2O2S3. The Labute approximate surface area is 373 Å². The standard InChI is InChI=1S/C55H48N2O2S3/c1-53(2,3)35-21-24-39-34(29-35)19-26-47-51(39)56(43-13-9-11-15-45(43)60-47)37-22-27-49-41(31-37)55(7,8)42-32-38(23-28-50(42)62(49,58)59)57-44-14-10-12-16-46(44)61-48-25-18-33-17-20-36(54(4,5)6)30-40(33)52(48)57/h9-32H,1-8H3. The molecule has 0 spiro atoms. The zero-order valence-electron chi connectivity index (χ0n) is 36.3. The van der Waals surface area contributed by atoms with Crippen LogP contribution in [0, 0.1) is 0 Å². The Balaban J connectivity index is 1.10. The van der Waals surface area contributed by atoms with Gasteiger partial charge in [-0.1, -0.05) is 146 Å². The minimum atomic E-state index is -3.86. The molecule has 62 heavy (non-hydrogen) atoms. The molecule has 0 atom stereocenters. The summed E-state index contributed by atoms with van der Waals surface area (Å²) >= 11 is 3.58. The molecule has 11 rings (SSSR count). The number of sulfone groups is 1. The van der Waals surface area contributed by atoms with Crippen LogP contribution in [-0.2, 0) is 26.1 Å². The topological polar surface area (TPSA) is 40.6 Å². The molecule has 0 aliphatic carbocycles. The van der Waals surface area contributed by atoms with Gasteiger partial charge in [0.15, 0.2) is 0 Å². The highest BCUT2D eigenvalue weighted by Crippen LogP contribution is 2.58. The second-order valence-electron chi connectivity index (χ2n) is 19.5. The quantitative estimate of drug-likeness (QED) is 0.172. The van der Waals surface area contributed by atoms with Crippen LogP contribution >= 0.6 is 23.5 Å². The lowest BCUT2D eigenvalue weighted by atomic mass is 9.77. The Morgan fingerprint density at radius 3 is 1.48 bits per heavy atom. The Morgan fingerprint density at radius 2 is 0.935 bits per heavy atom. The number of para-hydroxylation sites is 2. The number of hydrogen-bond acceptors (Lipinski definition) is 6. The predicted octanol–water partition coefficient (Wildman–Crippen LogP) is 15.9. The highest BCUT2D eigenvalue weighted by Gasteiger charge is 2.42. The van der Waals surface area contributed by atoms with E-state index < -0.39 is 15.3 Å². The molecule has 3 aliphatic rings. The normalized spacial score (nSPS) is 15.9. The fraction of sp³-hybridized carbons (Fsp3) is 0.200. The molecule has 8 aromatic rings. The van der Waals surface area contributed by atoms with Gasteiger partial charge < -0.3 is 9.80 Å². The van der Waals surface area contributed by atoms with E-state index in [1.54, 1.807) is 23.5 Å². The van der Waals surface area contributed by atoms with Crippen LogP contribution in [0.25, 0.3) is 21.5 Å². The summed E-state index contributed by atoms with van der Waals surface area (Å²) in [5.74, 6) is 0. The van der Waals surface area contributed by atoms with Crippen molar-refractivity contribution >= 4 is 89.0 Å². The lowest BCUT2D eigenvalue weighted by molar-refractivity contribution is 0.556. The van der Waals surface area contributed by atoms with Crippen LogP contribution in [0.3, 0.4) is 0 Å². The van der Waals surface area contributed by atoms with Gasteiger partial charge in [0.1, 0.15) is 0 Å². The highest BCUT2D eigenvalue weighted by molar-refractivity contribution is 8.00. The molecule has 0 N–H and O–H groups in total. The molecule has 0 bridgehead atoms. The number of rotatable bonds is 2. The van der Waals surface area contributed by atoms with Crippen molar-refractivity contribution in [2.75, 3.05) is 9.80 Å². The van der Waals surface area contributed by atoms with Crippen LogP contribution in [0.4, 0.5) is 34.1 Å². The smallest absolute Gasteiger partial charge is 0.207 e. The van der Waals surface area contributed by atoms with Gasteiger partial charge in [-0.25, -0.2) is 8.42 Å². The van der Waals surface area contributed by atoms with E-state index in [1.165, 1.54) is 42.5 Å². The summed E-state index contributed by atoms with van der Waals surface area (Å²) in [5.41, 5.74) is 9.75. The molecular weight excluding hydrogens is 817 g/mol. The molecule has 0 fully saturated rings. The SMILES string of the molecule is CC(C)(C)c1ccc2c3c(ccc2c1)Sc1ccccc1N3c1ccc2c(c1)C(C)(C)c1cc(N3c4ccccc4Sc4ccc5ccc(C(C)(C)C)cc5c43)ccc1S2(=O)=O. The van der Waals surface area contributed by atoms with Crippen molar-refractivity contribution in [1.82, 2.24) is 0 Å². The van der Waals surface area contributed by atoms with Gasteiger partial charge in [0.2, 0.25) is 9.84 Å². The van der Waals surface area contributed by atoms with Gasteiger partial charge in [-0.05, 0) is 123 Å². The van der Waals surface area contributed by atoms with Crippen LogP contribution < -0.4 is 9.80 Å². The summed E-state index contributed by atoms with van der Waals surface area (Å²) in [7, 11) is -3.86. The van der Waals surface area contributed by atoms with E-state index >= 15 is 0 Å². The lowest BCUT2D eigenvalue weighted by Gasteiger charge is -2.39. The molecule has 8 aromatic carbocycles. The van der Waals surface area contributed by atoms with Crippen molar-refractivity contribution in [1.29, 1.82) is 0 Å². The fourth-order valence-electron chi connectivity index (χ4n) is 9.63. The second-order valence-corrected chi connectivity index (χ2v) is 23.6. The number of nitrogens with zero attached hydrogens (tertiary/aromatic N) is 2. The molecule has 3 heterocycles. The van der Waals surface area contributed by atoms with Crippen molar-refractivity contribution < 1.29 is 8.42 Å². The molecule has 0 unspecified atom stereocenters. The van der Waals surface area contributed by atoms with Crippen molar-refractivity contribution in [3.05, 3.63) is 168 Å². The first-order chi connectivity index (χ1) is 29.5. The number of anilines is 6. The number of hydrogen-bond donors (Lipinski definition) is 0. The zero-order valence-corrected chi connectivity index (χ0v) is 38.7. The van der Waals surface area contributed by atoms with E-state index in [9.17, 15) is 8.42 Å². The predicted molar refractivity (Wildman–Crippen MR) is 260 cm³/mol. The molecule has 4 nitrogen and oxygen atoms in total. The summed E-state index contributed by atoms with van der Waals surface area (Å²) in [6, 6.07) is 51.7. The molecule has 0 amide bonds. The van der Waals surface area contributed by atoms with Gasteiger partial charge in [0, 0.05) is 47.1 Å². The van der Waals surface area contributed by atoms with E-state index in [0.717, 1.165) is 55.0 Å². The monoisotopic (exact) mass is 864 g/mol. The average molecular weight is 865 g/mol. The van der Waals surface area contributed by atoms with E-state index in [-0.39, 0.29) is 10.8 Å². The van der Waals surface area contributed by atoms with E-state index in [4.69, 9.17) is 0 Å². The average Bonchev–Trinajstić information content (AvgIpc) is 3.25. The van der Waals surface area contributed by atoms with Crippen LogP contribution in [0.5, 0.6) is 0 Å². The van der Waals surface area contributed by atoms with Crippen LogP contribution in [-0.4, -0.2) is 8.42 Å². The molecule has 0 saturated carbocycles. The van der Waals surface area contributed by atoms with Gasteiger partial charge in [0.05, 0.1) is 32.5 Å². The third-order valence-corrected chi connectivity index (χ3v) is 17.2. The Bertz CT molecular complexity index is 3340. The van der Waals surface area contributed by atoms with Gasteiger partial charge in [-0.3, -0.25) is 0 Å². The summed E-state index contributed by atoms with van der Waals surface area (Å²) in [4.78, 5) is 10.1. The first kappa shape index (κ1) is 39.4. The number of fused-ring (bicyclic) bond motifs is 10. The Morgan fingerprint density at radius 1 is 0.468 bits per heavy atom. The molecule has 7 heteroatoms. The summed E-state index contributed by atoms with van der Waals surface area (Å²) in [6.07, 6.45) is 0. The van der Waals surface area contributed by atoms with Crippen molar-refractivity contribution in [2.45, 2.75) is 101 Å². The Hall–Kier alpha value is -5.47. The summed E-state index contributed by atoms with van der Waals surface area (Å²) in [6.45, 7) is 17.9. The minimum Gasteiger partial charge on any atom is -0.308 e. The summed E-state index contributed by atoms with van der Waals surface area (Å²) in [5, 5.41) is 4.70. The van der Waals surface area contributed by atoms with Gasteiger partial charge in [-0.2, -0.15) is 0 Å². The van der Waals surface area contributed by atoms with Crippen LogP contribution in [0.1, 0.15) is 77.6 Å². The van der Waals surface area contributed by atoms with E-state index in [1.807, 2.05) is 24.3 Å². The molecule has 0 aromatic heterocycles. The van der Waals surface area contributed by atoms with E-state index in [0.29, 0.717) is 9.79 Å². The Kier molecular flexibility index (Phi) is 8.59. The van der Waals surface area contributed by atoms with Crippen molar-refractivity contribution in [3.63, 3.8) is 0 Å². The fourth-order valence-corrected chi connectivity index (χ4v) is 13.7. The molecule has 308 valence electrons. The third-order valence-electron chi connectivity index (χ3n) is 13.1.